The first kappa shape index (κ1) is 28.9. The van der Waals surface area contributed by atoms with Gasteiger partial charge in [-0.3, -0.25) is 4.79 Å². The van der Waals surface area contributed by atoms with Crippen LogP contribution in [0.2, 0.25) is 0 Å². The van der Waals surface area contributed by atoms with Crippen molar-refractivity contribution in [2.45, 2.75) is 102 Å². The van der Waals surface area contributed by atoms with E-state index in [1.807, 2.05) is 6.07 Å². The molecule has 2 rings (SSSR count). The number of anilines is 1. The van der Waals surface area contributed by atoms with E-state index < -0.39 is 16.1 Å². The molecule has 0 saturated carbocycles. The zero-order valence-corrected chi connectivity index (χ0v) is 23.1. The SMILES string of the molecule is CCCC[C@H](Oc1ccc(C(C)(C)CC)cc1C(C)(C)CC)C(=O)Nc1ccc(S(N)(=O)=O)cc1. The van der Waals surface area contributed by atoms with E-state index in [1.54, 1.807) is 0 Å². The van der Waals surface area contributed by atoms with Gasteiger partial charge in [0.2, 0.25) is 10.0 Å². The first-order chi connectivity index (χ1) is 16.2. The average molecular weight is 503 g/mol. The molecule has 0 aliphatic rings. The standard InChI is InChI=1S/C28H42N2O4S/c1-8-11-12-25(26(31)30-21-14-16-22(17-15-21)35(29,32)33)34-24-18-13-20(27(4,5)9-2)19-23(24)28(6,7)10-3/h13-19,25H,8-12H2,1-7H3,(H,30,31)(H2,29,32,33)/t25-/m0/s1. The molecule has 0 unspecified atom stereocenters. The van der Waals surface area contributed by atoms with Gasteiger partial charge in [-0.15, -0.1) is 0 Å². The van der Waals surface area contributed by atoms with Gasteiger partial charge in [-0.05, 0) is 72.4 Å². The summed E-state index contributed by atoms with van der Waals surface area (Å²) in [6.45, 7) is 15.3. The van der Waals surface area contributed by atoms with Crippen LogP contribution >= 0.6 is 0 Å². The number of amides is 1. The number of carbonyl (C=O) groups is 1. The molecule has 1 atom stereocenters. The lowest BCUT2D eigenvalue weighted by atomic mass is 9.76. The molecule has 0 heterocycles. The molecule has 0 spiro atoms. The summed E-state index contributed by atoms with van der Waals surface area (Å²) >= 11 is 0. The van der Waals surface area contributed by atoms with Crippen LogP contribution in [0.5, 0.6) is 5.75 Å². The van der Waals surface area contributed by atoms with Gasteiger partial charge < -0.3 is 10.1 Å². The highest BCUT2D eigenvalue weighted by atomic mass is 32.2. The number of nitrogens with two attached hydrogens (primary N) is 1. The lowest BCUT2D eigenvalue weighted by Gasteiger charge is -2.31. The molecule has 6 nitrogen and oxygen atoms in total. The average Bonchev–Trinajstić information content (AvgIpc) is 2.81. The van der Waals surface area contributed by atoms with Gasteiger partial charge in [0.15, 0.2) is 6.10 Å². The van der Waals surface area contributed by atoms with Gasteiger partial charge in [-0.2, -0.15) is 0 Å². The Hall–Kier alpha value is -2.38. The van der Waals surface area contributed by atoms with Gasteiger partial charge in [-0.1, -0.05) is 67.0 Å². The Balaban J connectivity index is 2.38. The van der Waals surface area contributed by atoms with Crippen molar-refractivity contribution in [2.24, 2.45) is 5.14 Å². The summed E-state index contributed by atoms with van der Waals surface area (Å²) in [4.78, 5) is 13.2. The fourth-order valence-corrected chi connectivity index (χ4v) is 4.23. The molecule has 1 amide bonds. The lowest BCUT2D eigenvalue weighted by Crippen LogP contribution is -2.34. The first-order valence-corrected chi connectivity index (χ1v) is 14.0. The number of ether oxygens (including phenoxy) is 1. The second kappa shape index (κ2) is 11.6. The number of hydrogen-bond acceptors (Lipinski definition) is 4. The normalized spacial score (nSPS) is 13.4. The highest BCUT2D eigenvalue weighted by Gasteiger charge is 2.29. The molecule has 0 fully saturated rings. The van der Waals surface area contributed by atoms with Crippen LogP contribution in [-0.2, 0) is 25.6 Å². The highest BCUT2D eigenvalue weighted by molar-refractivity contribution is 7.89. The molecule has 0 saturated heterocycles. The lowest BCUT2D eigenvalue weighted by molar-refractivity contribution is -0.123. The second-order valence-corrected chi connectivity index (χ2v) is 12.1. The summed E-state index contributed by atoms with van der Waals surface area (Å²) < 4.78 is 29.4. The van der Waals surface area contributed by atoms with Crippen molar-refractivity contribution in [1.29, 1.82) is 0 Å². The number of sulfonamides is 1. The maximum Gasteiger partial charge on any atom is 0.265 e. The van der Waals surface area contributed by atoms with Gasteiger partial charge in [-0.25, -0.2) is 13.6 Å². The van der Waals surface area contributed by atoms with Crippen molar-refractivity contribution in [1.82, 2.24) is 0 Å². The third-order valence-electron chi connectivity index (χ3n) is 7.09. The number of rotatable bonds is 12. The van der Waals surface area contributed by atoms with E-state index in [-0.39, 0.29) is 21.6 Å². The van der Waals surface area contributed by atoms with E-state index in [0.29, 0.717) is 12.1 Å². The van der Waals surface area contributed by atoms with Crippen molar-refractivity contribution in [3.63, 3.8) is 0 Å². The Morgan fingerprint density at radius 3 is 2.09 bits per heavy atom. The molecule has 35 heavy (non-hydrogen) atoms. The summed E-state index contributed by atoms with van der Waals surface area (Å²) in [6, 6.07) is 12.2. The molecule has 194 valence electrons. The predicted molar refractivity (Wildman–Crippen MR) is 143 cm³/mol. The van der Waals surface area contributed by atoms with Crippen LogP contribution in [0.1, 0.15) is 91.7 Å². The maximum atomic E-state index is 13.2. The Bertz CT molecular complexity index is 1110. The van der Waals surface area contributed by atoms with Gasteiger partial charge in [0.05, 0.1) is 4.90 Å². The quantitative estimate of drug-likeness (QED) is 0.356. The topological polar surface area (TPSA) is 98.5 Å². The largest absolute Gasteiger partial charge is 0.480 e. The second-order valence-electron chi connectivity index (χ2n) is 10.5. The third-order valence-corrected chi connectivity index (χ3v) is 8.02. The van der Waals surface area contributed by atoms with E-state index in [2.05, 4.69) is 65.9 Å². The Morgan fingerprint density at radius 2 is 1.57 bits per heavy atom. The number of hydrogen-bond donors (Lipinski definition) is 2. The van der Waals surface area contributed by atoms with Crippen LogP contribution in [0.25, 0.3) is 0 Å². The van der Waals surface area contributed by atoms with Crippen LogP contribution in [0, 0.1) is 0 Å². The van der Waals surface area contributed by atoms with E-state index in [1.165, 1.54) is 29.8 Å². The minimum Gasteiger partial charge on any atom is -0.480 e. The van der Waals surface area contributed by atoms with Crippen molar-refractivity contribution in [3.05, 3.63) is 53.6 Å². The molecular formula is C28H42N2O4S. The van der Waals surface area contributed by atoms with Crippen molar-refractivity contribution >= 4 is 21.6 Å². The summed E-state index contributed by atoms with van der Waals surface area (Å²) in [6.07, 6.45) is 3.63. The summed E-state index contributed by atoms with van der Waals surface area (Å²) in [5.41, 5.74) is 2.77. The Labute approximate surface area is 211 Å². The van der Waals surface area contributed by atoms with Gasteiger partial charge in [0.1, 0.15) is 5.75 Å². The van der Waals surface area contributed by atoms with E-state index in [4.69, 9.17) is 9.88 Å². The molecule has 0 bridgehead atoms. The molecule has 2 aromatic carbocycles. The maximum absolute atomic E-state index is 13.2. The zero-order valence-electron chi connectivity index (χ0n) is 22.3. The zero-order chi connectivity index (χ0) is 26.4. The fraction of sp³-hybridized carbons (Fsp3) is 0.536. The van der Waals surface area contributed by atoms with Gasteiger partial charge in [0.25, 0.3) is 5.91 Å². The van der Waals surface area contributed by atoms with Crippen molar-refractivity contribution < 1.29 is 17.9 Å². The van der Waals surface area contributed by atoms with Crippen molar-refractivity contribution in [3.8, 4) is 5.75 Å². The molecule has 7 heteroatoms. The van der Waals surface area contributed by atoms with Crippen LogP contribution < -0.4 is 15.2 Å². The Morgan fingerprint density at radius 1 is 0.971 bits per heavy atom. The van der Waals surface area contributed by atoms with E-state index >= 15 is 0 Å². The monoisotopic (exact) mass is 502 g/mol. The summed E-state index contributed by atoms with van der Waals surface area (Å²) in [7, 11) is -3.79. The van der Waals surface area contributed by atoms with Crippen LogP contribution in [0.4, 0.5) is 5.69 Å². The van der Waals surface area contributed by atoms with Crippen LogP contribution in [-0.4, -0.2) is 20.4 Å². The number of unbranched alkanes of at least 4 members (excludes halogenated alkanes) is 1. The minimum atomic E-state index is -3.79. The van der Waals surface area contributed by atoms with Crippen molar-refractivity contribution in [2.75, 3.05) is 5.32 Å². The molecule has 3 N–H and O–H groups in total. The summed E-state index contributed by atoms with van der Waals surface area (Å²) in [5, 5.41) is 8.04. The van der Waals surface area contributed by atoms with Gasteiger partial charge >= 0.3 is 0 Å². The first-order valence-electron chi connectivity index (χ1n) is 12.5. The molecule has 0 aliphatic carbocycles. The smallest absolute Gasteiger partial charge is 0.265 e. The molecule has 0 aliphatic heterocycles. The number of carbonyl (C=O) groups excluding carboxylic acids is 1. The summed E-state index contributed by atoms with van der Waals surface area (Å²) in [5.74, 6) is 0.466. The predicted octanol–water partition coefficient (Wildman–Crippen LogP) is 6.29. The highest BCUT2D eigenvalue weighted by Crippen LogP contribution is 2.39. The molecule has 2 aromatic rings. The van der Waals surface area contributed by atoms with E-state index in [9.17, 15) is 13.2 Å². The number of primary sulfonamides is 1. The molecule has 0 aromatic heterocycles. The van der Waals surface area contributed by atoms with Crippen LogP contribution in [0.15, 0.2) is 47.4 Å². The fourth-order valence-electron chi connectivity index (χ4n) is 3.71. The van der Waals surface area contributed by atoms with Crippen LogP contribution in [0.3, 0.4) is 0 Å². The molecular weight excluding hydrogens is 460 g/mol. The van der Waals surface area contributed by atoms with Gasteiger partial charge in [0, 0.05) is 11.3 Å². The minimum absolute atomic E-state index is 0.00388. The number of nitrogens with one attached hydrogen (secondary N) is 1. The Kier molecular flexibility index (Phi) is 9.54. The third kappa shape index (κ3) is 7.55. The van der Waals surface area contributed by atoms with E-state index in [0.717, 1.165) is 37.0 Å². The molecule has 0 radical (unpaired) electrons. The number of benzene rings is 2.